The normalized spacial score (nSPS) is 23.3. The summed E-state index contributed by atoms with van der Waals surface area (Å²) in [6.45, 7) is 8.59. The lowest BCUT2D eigenvalue weighted by Crippen LogP contribution is -2.36. The number of aromatic nitrogens is 2. The number of nitrogens with zero attached hydrogens (tertiary/aromatic N) is 2. The third-order valence-corrected chi connectivity index (χ3v) is 6.22. The van der Waals surface area contributed by atoms with Gasteiger partial charge in [-0.25, -0.2) is 9.97 Å². The van der Waals surface area contributed by atoms with Gasteiger partial charge in [0.05, 0.1) is 11.3 Å². The highest BCUT2D eigenvalue weighted by Crippen LogP contribution is 2.35. The minimum atomic E-state index is -0.139. The molecule has 0 unspecified atom stereocenters. The first kappa shape index (κ1) is 19.2. The number of hydrogen-bond donors (Lipinski definition) is 0. The number of carbonyl (C=O) groups excluding carboxylic acids is 1. The molecule has 1 saturated carbocycles. The first-order chi connectivity index (χ1) is 12.4. The number of thioether (sulfide) groups is 1. The van der Waals surface area contributed by atoms with Crippen LogP contribution in [0.15, 0.2) is 29.3 Å². The molecule has 0 bridgehead atoms. The van der Waals surface area contributed by atoms with Crippen LogP contribution in [0.5, 0.6) is 0 Å². The highest BCUT2D eigenvalue weighted by atomic mass is 32.2. The zero-order chi connectivity index (χ0) is 18.7. The molecular formula is C21H28N2O2S. The number of benzene rings is 1. The maximum atomic E-state index is 12.5. The third kappa shape index (κ3) is 4.56. The Hall–Kier alpha value is -1.62. The minimum absolute atomic E-state index is 0.0516. The van der Waals surface area contributed by atoms with Crippen LogP contribution in [-0.4, -0.2) is 27.8 Å². The molecule has 0 spiro atoms. The van der Waals surface area contributed by atoms with Crippen LogP contribution in [0.25, 0.3) is 10.9 Å². The van der Waals surface area contributed by atoms with Crippen molar-refractivity contribution >= 4 is 28.6 Å². The lowest BCUT2D eigenvalue weighted by Gasteiger charge is -2.36. The summed E-state index contributed by atoms with van der Waals surface area (Å²) >= 11 is 1.45. The first-order valence-electron chi connectivity index (χ1n) is 9.49. The number of esters is 1. The van der Waals surface area contributed by atoms with Crippen molar-refractivity contribution < 1.29 is 9.53 Å². The molecule has 1 aromatic heterocycles. The molecule has 26 heavy (non-hydrogen) atoms. The minimum Gasteiger partial charge on any atom is -0.461 e. The number of para-hydroxylation sites is 1. The average Bonchev–Trinajstić information content (AvgIpc) is 2.59. The fourth-order valence-electron chi connectivity index (χ4n) is 3.85. The largest absolute Gasteiger partial charge is 0.461 e. The molecule has 1 aromatic carbocycles. The molecule has 3 rings (SSSR count). The fourth-order valence-corrected chi connectivity index (χ4v) is 4.70. The van der Waals surface area contributed by atoms with E-state index in [1.165, 1.54) is 18.2 Å². The number of aryl methyl sites for hydroxylation is 1. The Morgan fingerprint density at radius 2 is 2.04 bits per heavy atom. The standard InChI is InChI=1S/C21H28N2O2S/c1-13(2)16-10-9-14(3)11-19(16)25-20(24)12-26-21-17-7-5-6-8-18(17)22-15(4)23-21/h5-8,13-14,16,19H,9-12H2,1-4H3/t14-,16-,19+/m1/s1. The molecule has 1 aliphatic carbocycles. The summed E-state index contributed by atoms with van der Waals surface area (Å²) in [5.74, 6) is 2.52. The SMILES string of the molecule is Cc1nc(SCC(=O)O[C@H]2C[C@H](C)CC[C@@H]2C(C)C)c2ccccc2n1. The van der Waals surface area contributed by atoms with Gasteiger partial charge in [0.2, 0.25) is 0 Å². The van der Waals surface area contributed by atoms with Crippen LogP contribution >= 0.6 is 11.8 Å². The van der Waals surface area contributed by atoms with Crippen molar-refractivity contribution in [1.82, 2.24) is 9.97 Å². The van der Waals surface area contributed by atoms with Crippen molar-refractivity contribution in [3.63, 3.8) is 0 Å². The van der Waals surface area contributed by atoms with Crippen LogP contribution < -0.4 is 0 Å². The molecular weight excluding hydrogens is 344 g/mol. The highest BCUT2D eigenvalue weighted by molar-refractivity contribution is 8.00. The predicted octanol–water partition coefficient (Wildman–Crippen LogP) is 5.03. The van der Waals surface area contributed by atoms with Crippen molar-refractivity contribution in [3.05, 3.63) is 30.1 Å². The van der Waals surface area contributed by atoms with E-state index in [9.17, 15) is 4.79 Å². The molecule has 0 N–H and O–H groups in total. The second kappa shape index (κ2) is 8.38. The molecule has 4 nitrogen and oxygen atoms in total. The van der Waals surface area contributed by atoms with Crippen LogP contribution in [0.4, 0.5) is 0 Å². The van der Waals surface area contributed by atoms with E-state index < -0.39 is 0 Å². The van der Waals surface area contributed by atoms with Gasteiger partial charge >= 0.3 is 5.97 Å². The van der Waals surface area contributed by atoms with Crippen molar-refractivity contribution in [2.24, 2.45) is 17.8 Å². The first-order valence-corrected chi connectivity index (χ1v) is 10.5. The quantitative estimate of drug-likeness (QED) is 0.418. The van der Waals surface area contributed by atoms with Gasteiger partial charge in [-0.1, -0.05) is 57.2 Å². The number of fused-ring (bicyclic) bond motifs is 1. The Morgan fingerprint density at radius 3 is 2.81 bits per heavy atom. The molecule has 0 saturated heterocycles. The maximum Gasteiger partial charge on any atom is 0.316 e. The summed E-state index contributed by atoms with van der Waals surface area (Å²) in [7, 11) is 0. The molecule has 1 fully saturated rings. The molecule has 1 aliphatic rings. The second-order valence-corrected chi connectivity index (χ2v) is 8.70. The van der Waals surface area contributed by atoms with E-state index in [1.807, 2.05) is 31.2 Å². The molecule has 5 heteroatoms. The van der Waals surface area contributed by atoms with Crippen molar-refractivity contribution in [2.45, 2.75) is 58.1 Å². The van der Waals surface area contributed by atoms with Crippen LogP contribution in [0.2, 0.25) is 0 Å². The van der Waals surface area contributed by atoms with Gasteiger partial charge in [0.15, 0.2) is 0 Å². The van der Waals surface area contributed by atoms with Crippen molar-refractivity contribution in [3.8, 4) is 0 Å². The van der Waals surface area contributed by atoms with Gasteiger partial charge in [-0.05, 0) is 43.6 Å². The van der Waals surface area contributed by atoms with Crippen molar-refractivity contribution in [1.29, 1.82) is 0 Å². The smallest absolute Gasteiger partial charge is 0.316 e. The molecule has 2 aromatic rings. The van der Waals surface area contributed by atoms with E-state index in [0.29, 0.717) is 17.8 Å². The van der Waals surface area contributed by atoms with E-state index in [-0.39, 0.29) is 17.8 Å². The maximum absolute atomic E-state index is 12.5. The number of ether oxygens (including phenoxy) is 1. The van der Waals surface area contributed by atoms with Crippen molar-refractivity contribution in [2.75, 3.05) is 5.75 Å². The Morgan fingerprint density at radius 1 is 1.27 bits per heavy atom. The molecule has 1 heterocycles. The predicted molar refractivity (Wildman–Crippen MR) is 106 cm³/mol. The lowest BCUT2D eigenvalue weighted by atomic mass is 9.75. The Balaban J connectivity index is 1.65. The average molecular weight is 373 g/mol. The zero-order valence-electron chi connectivity index (χ0n) is 16.1. The fraction of sp³-hybridized carbons (Fsp3) is 0.571. The van der Waals surface area contributed by atoms with E-state index in [2.05, 4.69) is 30.7 Å². The van der Waals surface area contributed by atoms with Gasteiger partial charge in [-0.2, -0.15) is 0 Å². The molecule has 140 valence electrons. The van der Waals surface area contributed by atoms with Crippen LogP contribution in [0.3, 0.4) is 0 Å². The van der Waals surface area contributed by atoms with Crippen LogP contribution in [0, 0.1) is 24.7 Å². The Bertz CT molecular complexity index is 778. The molecule has 0 aliphatic heterocycles. The summed E-state index contributed by atoms with van der Waals surface area (Å²) in [5.41, 5.74) is 0.914. The Labute approximate surface area is 160 Å². The number of carbonyl (C=O) groups is 1. The summed E-state index contributed by atoms with van der Waals surface area (Å²) in [6.07, 6.45) is 3.42. The van der Waals surface area contributed by atoms with Gasteiger partial charge in [-0.3, -0.25) is 4.79 Å². The summed E-state index contributed by atoms with van der Waals surface area (Å²) in [6, 6.07) is 7.91. The summed E-state index contributed by atoms with van der Waals surface area (Å²) in [4.78, 5) is 21.5. The van der Waals surface area contributed by atoms with Gasteiger partial charge in [0.25, 0.3) is 0 Å². The highest BCUT2D eigenvalue weighted by Gasteiger charge is 2.33. The third-order valence-electron chi connectivity index (χ3n) is 5.25. The van der Waals surface area contributed by atoms with E-state index >= 15 is 0 Å². The molecule has 0 amide bonds. The lowest BCUT2D eigenvalue weighted by molar-refractivity contribution is -0.152. The topological polar surface area (TPSA) is 52.1 Å². The number of rotatable bonds is 5. The Kier molecular flexibility index (Phi) is 6.17. The van der Waals surface area contributed by atoms with Crippen LogP contribution in [-0.2, 0) is 9.53 Å². The molecule has 0 radical (unpaired) electrons. The van der Waals surface area contributed by atoms with E-state index in [1.54, 1.807) is 0 Å². The van der Waals surface area contributed by atoms with E-state index in [0.717, 1.165) is 34.6 Å². The van der Waals surface area contributed by atoms with Gasteiger partial charge < -0.3 is 4.74 Å². The number of hydrogen-bond acceptors (Lipinski definition) is 5. The van der Waals surface area contributed by atoms with Gasteiger partial charge in [0.1, 0.15) is 17.0 Å². The molecule has 3 atom stereocenters. The summed E-state index contributed by atoms with van der Waals surface area (Å²) < 4.78 is 5.90. The van der Waals surface area contributed by atoms with Crippen LogP contribution in [0.1, 0.15) is 45.9 Å². The van der Waals surface area contributed by atoms with E-state index in [4.69, 9.17) is 4.74 Å². The second-order valence-electron chi connectivity index (χ2n) is 7.74. The monoisotopic (exact) mass is 372 g/mol. The van der Waals surface area contributed by atoms with Gasteiger partial charge in [0, 0.05) is 5.39 Å². The summed E-state index contributed by atoms with van der Waals surface area (Å²) in [5, 5.41) is 1.84. The zero-order valence-corrected chi connectivity index (χ0v) is 16.9. The van der Waals surface area contributed by atoms with Gasteiger partial charge in [-0.15, -0.1) is 0 Å².